The van der Waals surface area contributed by atoms with Gasteiger partial charge in [0.15, 0.2) is 0 Å². The van der Waals surface area contributed by atoms with Crippen LogP contribution >= 0.6 is 27.5 Å². The third-order valence-electron chi connectivity index (χ3n) is 4.46. The van der Waals surface area contributed by atoms with Gasteiger partial charge in [-0.25, -0.2) is 4.39 Å². The zero-order chi connectivity index (χ0) is 18.7. The number of carbonyl (C=O) groups excluding carboxylic acids is 1. The zero-order valence-corrected chi connectivity index (χ0v) is 16.7. The van der Waals surface area contributed by atoms with Crippen molar-refractivity contribution in [2.24, 2.45) is 0 Å². The van der Waals surface area contributed by atoms with E-state index in [4.69, 9.17) is 16.3 Å². The molecule has 0 N–H and O–H groups in total. The Hall–Kier alpha value is -1.63. The van der Waals surface area contributed by atoms with Gasteiger partial charge in [-0.1, -0.05) is 11.6 Å². The average molecular weight is 442 g/mol. The number of carbonyl (C=O) groups is 1. The summed E-state index contributed by atoms with van der Waals surface area (Å²) in [5.41, 5.74) is 1.51. The molecule has 26 heavy (non-hydrogen) atoms. The number of nitrogens with zero attached hydrogens (tertiary/aromatic N) is 2. The van der Waals surface area contributed by atoms with E-state index in [0.717, 1.165) is 24.4 Å². The van der Waals surface area contributed by atoms with E-state index in [1.807, 2.05) is 12.1 Å². The molecule has 1 amide bonds. The van der Waals surface area contributed by atoms with Crippen molar-refractivity contribution < 1.29 is 13.9 Å². The molecule has 0 radical (unpaired) electrons. The Morgan fingerprint density at radius 3 is 2.58 bits per heavy atom. The van der Waals surface area contributed by atoms with Gasteiger partial charge in [0.1, 0.15) is 11.6 Å². The lowest BCUT2D eigenvalue weighted by Crippen LogP contribution is -2.48. The van der Waals surface area contributed by atoms with Crippen LogP contribution < -0.4 is 4.74 Å². The van der Waals surface area contributed by atoms with E-state index in [1.54, 1.807) is 18.1 Å². The van der Waals surface area contributed by atoms with Crippen molar-refractivity contribution in [2.45, 2.75) is 6.54 Å². The van der Waals surface area contributed by atoms with Crippen molar-refractivity contribution in [1.82, 2.24) is 9.80 Å². The minimum Gasteiger partial charge on any atom is -0.496 e. The fraction of sp³-hybridized carbons (Fsp3) is 0.316. The van der Waals surface area contributed by atoms with Crippen LogP contribution in [0.25, 0.3) is 0 Å². The molecule has 0 aliphatic carbocycles. The smallest absolute Gasteiger partial charge is 0.255 e. The Kier molecular flexibility index (Phi) is 6.16. The van der Waals surface area contributed by atoms with Crippen molar-refractivity contribution in [2.75, 3.05) is 33.3 Å². The van der Waals surface area contributed by atoms with Crippen LogP contribution in [0.5, 0.6) is 5.75 Å². The molecule has 1 fully saturated rings. The standard InChI is InChI=1S/C19H19BrClFN2O2/c1-26-18-5-2-14(21)10-13(18)12-23-6-8-24(9-7-23)19(25)16-4-3-15(22)11-17(16)20/h2-5,10-11H,6-9,12H2,1H3. The molecule has 0 spiro atoms. The molecule has 1 heterocycles. The van der Waals surface area contributed by atoms with Gasteiger partial charge in [0, 0.05) is 47.8 Å². The van der Waals surface area contributed by atoms with Gasteiger partial charge in [-0.05, 0) is 52.3 Å². The first-order valence-corrected chi connectivity index (χ1v) is 9.44. The van der Waals surface area contributed by atoms with Crippen LogP contribution in [0.4, 0.5) is 4.39 Å². The van der Waals surface area contributed by atoms with Gasteiger partial charge in [-0.2, -0.15) is 0 Å². The minimum absolute atomic E-state index is 0.0862. The van der Waals surface area contributed by atoms with E-state index >= 15 is 0 Å². The molecule has 2 aromatic carbocycles. The van der Waals surface area contributed by atoms with Crippen LogP contribution in [0, 0.1) is 5.82 Å². The highest BCUT2D eigenvalue weighted by molar-refractivity contribution is 9.10. The third-order valence-corrected chi connectivity index (χ3v) is 5.35. The maximum Gasteiger partial charge on any atom is 0.255 e. The molecular weight excluding hydrogens is 423 g/mol. The number of amides is 1. The third kappa shape index (κ3) is 4.37. The Morgan fingerprint density at radius 1 is 1.19 bits per heavy atom. The van der Waals surface area contributed by atoms with E-state index in [1.165, 1.54) is 18.2 Å². The fourth-order valence-electron chi connectivity index (χ4n) is 3.05. The van der Waals surface area contributed by atoms with Crippen molar-refractivity contribution in [3.05, 3.63) is 62.8 Å². The number of benzene rings is 2. The average Bonchev–Trinajstić information content (AvgIpc) is 2.62. The van der Waals surface area contributed by atoms with Crippen LogP contribution in [-0.2, 0) is 6.54 Å². The maximum absolute atomic E-state index is 13.2. The quantitative estimate of drug-likeness (QED) is 0.713. The molecule has 1 saturated heterocycles. The first-order valence-electron chi connectivity index (χ1n) is 8.27. The van der Waals surface area contributed by atoms with Crippen molar-refractivity contribution in [3.8, 4) is 5.75 Å². The van der Waals surface area contributed by atoms with Gasteiger partial charge in [-0.3, -0.25) is 9.69 Å². The Labute approximate surface area is 165 Å². The summed E-state index contributed by atoms with van der Waals surface area (Å²) in [7, 11) is 1.64. The first kappa shape index (κ1) is 19.1. The minimum atomic E-state index is -0.367. The van der Waals surface area contributed by atoms with Gasteiger partial charge in [0.2, 0.25) is 0 Å². The molecule has 1 aliphatic rings. The second-order valence-corrected chi connectivity index (χ2v) is 7.44. The summed E-state index contributed by atoms with van der Waals surface area (Å²) in [5, 5.41) is 0.677. The van der Waals surface area contributed by atoms with Gasteiger partial charge < -0.3 is 9.64 Å². The lowest BCUT2D eigenvalue weighted by molar-refractivity contribution is 0.0626. The summed E-state index contributed by atoms with van der Waals surface area (Å²) in [6.45, 7) is 3.45. The van der Waals surface area contributed by atoms with E-state index in [2.05, 4.69) is 20.8 Å². The lowest BCUT2D eigenvalue weighted by atomic mass is 10.1. The molecule has 0 unspecified atom stereocenters. The molecule has 3 rings (SSSR count). The lowest BCUT2D eigenvalue weighted by Gasteiger charge is -2.35. The van der Waals surface area contributed by atoms with Crippen molar-refractivity contribution in [1.29, 1.82) is 0 Å². The van der Waals surface area contributed by atoms with E-state index in [9.17, 15) is 9.18 Å². The number of hydrogen-bond acceptors (Lipinski definition) is 3. The highest BCUT2D eigenvalue weighted by atomic mass is 79.9. The maximum atomic E-state index is 13.2. The van der Waals surface area contributed by atoms with Crippen molar-refractivity contribution in [3.63, 3.8) is 0 Å². The summed E-state index contributed by atoms with van der Waals surface area (Å²) >= 11 is 9.36. The number of piperazine rings is 1. The summed E-state index contributed by atoms with van der Waals surface area (Å²) < 4.78 is 19.1. The van der Waals surface area contributed by atoms with E-state index in [-0.39, 0.29) is 11.7 Å². The molecule has 2 aromatic rings. The number of rotatable bonds is 4. The van der Waals surface area contributed by atoms with E-state index in [0.29, 0.717) is 34.7 Å². The number of methoxy groups -OCH3 is 1. The summed E-state index contributed by atoms with van der Waals surface area (Å²) in [4.78, 5) is 16.7. The summed E-state index contributed by atoms with van der Waals surface area (Å²) in [6.07, 6.45) is 0. The molecule has 0 bridgehead atoms. The number of ether oxygens (including phenoxy) is 1. The van der Waals surface area contributed by atoms with Crippen LogP contribution in [0.15, 0.2) is 40.9 Å². The summed E-state index contributed by atoms with van der Waals surface area (Å²) in [5.74, 6) is 0.355. The highest BCUT2D eigenvalue weighted by Crippen LogP contribution is 2.25. The van der Waals surface area contributed by atoms with Gasteiger partial charge in [0.05, 0.1) is 12.7 Å². The molecule has 1 aliphatic heterocycles. The topological polar surface area (TPSA) is 32.8 Å². The Morgan fingerprint density at radius 2 is 1.92 bits per heavy atom. The molecule has 4 nitrogen and oxygen atoms in total. The number of hydrogen-bond donors (Lipinski definition) is 0. The normalized spacial score (nSPS) is 15.2. The molecule has 138 valence electrons. The largest absolute Gasteiger partial charge is 0.496 e. The highest BCUT2D eigenvalue weighted by Gasteiger charge is 2.24. The molecule has 0 atom stereocenters. The molecule has 7 heteroatoms. The van der Waals surface area contributed by atoms with Gasteiger partial charge in [-0.15, -0.1) is 0 Å². The molecular formula is C19H19BrClFN2O2. The van der Waals surface area contributed by atoms with Crippen LogP contribution in [-0.4, -0.2) is 49.0 Å². The predicted octanol–water partition coefficient (Wildman–Crippen LogP) is 4.21. The molecule has 0 aromatic heterocycles. The van der Waals surface area contributed by atoms with E-state index < -0.39 is 0 Å². The SMILES string of the molecule is COc1ccc(Cl)cc1CN1CCN(C(=O)c2ccc(F)cc2Br)CC1. The van der Waals surface area contributed by atoms with Gasteiger partial charge in [0.25, 0.3) is 5.91 Å². The Bertz CT molecular complexity index is 810. The van der Waals surface area contributed by atoms with Crippen LogP contribution in [0.1, 0.15) is 15.9 Å². The van der Waals surface area contributed by atoms with Crippen molar-refractivity contribution >= 4 is 33.4 Å². The second-order valence-electron chi connectivity index (χ2n) is 6.15. The Balaban J connectivity index is 1.62. The van der Waals surface area contributed by atoms with Crippen LogP contribution in [0.3, 0.4) is 0 Å². The predicted molar refractivity (Wildman–Crippen MR) is 103 cm³/mol. The summed E-state index contributed by atoms with van der Waals surface area (Å²) in [6, 6.07) is 9.72. The fourth-order valence-corrected chi connectivity index (χ4v) is 3.77. The van der Waals surface area contributed by atoms with Gasteiger partial charge >= 0.3 is 0 Å². The second kappa shape index (κ2) is 8.37. The molecule has 0 saturated carbocycles. The first-order chi connectivity index (χ1) is 12.5. The van der Waals surface area contributed by atoms with Crippen LogP contribution in [0.2, 0.25) is 5.02 Å². The monoisotopic (exact) mass is 440 g/mol. The number of halogens is 3. The zero-order valence-electron chi connectivity index (χ0n) is 14.3.